The monoisotopic (exact) mass is 337 g/mol. The Morgan fingerprint density at radius 2 is 1.71 bits per heavy atom. The highest BCUT2D eigenvalue weighted by Gasteiger charge is 2.36. The number of halogens is 3. The summed E-state index contributed by atoms with van der Waals surface area (Å²) in [6.45, 7) is 7.27. The maximum Gasteiger partial charge on any atom is 0.416 e. The number of allylic oxidation sites excluding steroid dienone is 1. The molecule has 1 aromatic carbocycles. The zero-order valence-electron chi connectivity index (χ0n) is 14.2. The molecule has 24 heavy (non-hydrogen) atoms. The molecule has 130 valence electrons. The van der Waals surface area contributed by atoms with E-state index in [1.54, 1.807) is 12.1 Å². The van der Waals surface area contributed by atoms with Crippen molar-refractivity contribution in [3.8, 4) is 0 Å². The third-order valence-electron chi connectivity index (χ3n) is 4.98. The third kappa shape index (κ3) is 3.65. The summed E-state index contributed by atoms with van der Waals surface area (Å²) < 4.78 is 40.2. The Bertz CT molecular complexity index is 648. The van der Waals surface area contributed by atoms with Gasteiger partial charge in [-0.15, -0.1) is 0 Å². The fourth-order valence-electron chi connectivity index (χ4n) is 3.47. The van der Waals surface area contributed by atoms with Crippen LogP contribution in [0.2, 0.25) is 0 Å². The Labute approximate surface area is 141 Å². The molecule has 0 aromatic heterocycles. The second-order valence-electron chi connectivity index (χ2n) is 7.31. The smallest absolute Gasteiger partial charge is 0.374 e. The molecule has 0 bridgehead atoms. The van der Waals surface area contributed by atoms with Gasteiger partial charge in [0, 0.05) is 44.3 Å². The molecule has 0 radical (unpaired) electrons. The molecule has 0 atom stereocenters. The first-order valence-corrected chi connectivity index (χ1v) is 8.48. The minimum absolute atomic E-state index is 0.0463. The lowest BCUT2D eigenvalue weighted by molar-refractivity contribution is -0.612. The van der Waals surface area contributed by atoms with Gasteiger partial charge in [0.2, 0.25) is 0 Å². The lowest BCUT2D eigenvalue weighted by atomic mass is 9.93. The minimum atomic E-state index is -4.28. The Hall–Kier alpha value is -1.78. The topological polar surface area (TPSA) is 6.25 Å². The van der Waals surface area contributed by atoms with E-state index < -0.39 is 11.7 Å². The Morgan fingerprint density at radius 3 is 2.25 bits per heavy atom. The van der Waals surface area contributed by atoms with Crippen molar-refractivity contribution in [3.63, 3.8) is 0 Å². The highest BCUT2D eigenvalue weighted by Crippen LogP contribution is 2.31. The first kappa shape index (κ1) is 17.1. The van der Waals surface area contributed by atoms with Crippen molar-refractivity contribution in [3.05, 3.63) is 47.2 Å². The third-order valence-corrected chi connectivity index (χ3v) is 4.98. The van der Waals surface area contributed by atoms with Crippen molar-refractivity contribution in [2.75, 3.05) is 13.1 Å². The van der Waals surface area contributed by atoms with E-state index in [1.807, 2.05) is 0 Å². The van der Waals surface area contributed by atoms with Crippen LogP contribution in [0.15, 0.2) is 36.0 Å². The van der Waals surface area contributed by atoms with E-state index in [9.17, 15) is 13.2 Å². The Kier molecular flexibility index (Phi) is 4.45. The molecule has 0 amide bonds. The van der Waals surface area contributed by atoms with Crippen molar-refractivity contribution in [2.24, 2.45) is 0 Å². The van der Waals surface area contributed by atoms with E-state index in [-0.39, 0.29) is 5.54 Å². The van der Waals surface area contributed by atoms with Crippen LogP contribution in [0.25, 0.3) is 0 Å². The van der Waals surface area contributed by atoms with Crippen molar-refractivity contribution >= 4 is 6.21 Å². The quantitative estimate of drug-likeness (QED) is 0.739. The van der Waals surface area contributed by atoms with Crippen LogP contribution in [0, 0.1) is 0 Å². The summed E-state index contributed by atoms with van der Waals surface area (Å²) in [4.78, 5) is 2.45. The van der Waals surface area contributed by atoms with Crippen LogP contribution in [0.5, 0.6) is 0 Å². The van der Waals surface area contributed by atoms with E-state index in [4.69, 9.17) is 0 Å². The minimum Gasteiger partial charge on any atom is -0.374 e. The van der Waals surface area contributed by atoms with Crippen LogP contribution >= 0.6 is 0 Å². The Morgan fingerprint density at radius 1 is 1.08 bits per heavy atom. The van der Waals surface area contributed by atoms with E-state index in [1.165, 1.54) is 18.5 Å². The molecule has 2 heterocycles. The number of rotatable bonds is 3. The predicted molar refractivity (Wildman–Crippen MR) is 89.1 cm³/mol. The van der Waals surface area contributed by atoms with Gasteiger partial charge in [-0.05, 0) is 25.0 Å². The molecule has 0 unspecified atom stereocenters. The van der Waals surface area contributed by atoms with Crippen LogP contribution < -0.4 is 0 Å². The summed E-state index contributed by atoms with van der Waals surface area (Å²) in [5.74, 6) is 0. The number of likely N-dealkylation sites (tertiary alicyclic amines) is 1. The Balaban J connectivity index is 1.76. The summed E-state index contributed by atoms with van der Waals surface area (Å²) in [6.07, 6.45) is 3.46. The zero-order valence-corrected chi connectivity index (χ0v) is 14.2. The second kappa shape index (κ2) is 6.26. The maximum atomic E-state index is 12.7. The maximum absolute atomic E-state index is 12.7. The van der Waals surface area contributed by atoms with Gasteiger partial charge < -0.3 is 4.90 Å². The molecule has 1 fully saturated rings. The van der Waals surface area contributed by atoms with Crippen LogP contribution in [-0.2, 0) is 12.7 Å². The number of benzene rings is 1. The van der Waals surface area contributed by atoms with Gasteiger partial charge in [0.1, 0.15) is 0 Å². The van der Waals surface area contributed by atoms with Crippen LogP contribution in [0.4, 0.5) is 13.2 Å². The van der Waals surface area contributed by atoms with Gasteiger partial charge in [0.25, 0.3) is 0 Å². The molecule has 2 aliphatic rings. The molecule has 1 aromatic rings. The molecule has 2 nitrogen and oxygen atoms in total. The molecule has 2 aliphatic heterocycles. The van der Waals surface area contributed by atoms with Gasteiger partial charge in [0.05, 0.1) is 12.0 Å². The average Bonchev–Trinajstić information content (AvgIpc) is 3.03. The standard InChI is InChI=1S/C19H24F3N2/c1-18(2)13-17(23-10-3-4-11-23)9-12-24(18)14-15-5-7-16(8-6-15)19(20,21)22/h5-9,12H,3-4,10-11,13-14H2,1-2H3/q+1. The molecule has 1 saturated heterocycles. The molecular weight excluding hydrogens is 313 g/mol. The van der Waals surface area contributed by atoms with Crippen molar-refractivity contribution in [2.45, 2.75) is 51.4 Å². The molecule has 0 N–H and O–H groups in total. The van der Waals surface area contributed by atoms with Gasteiger partial charge in [-0.3, -0.25) is 0 Å². The van der Waals surface area contributed by atoms with Gasteiger partial charge in [-0.25, -0.2) is 4.58 Å². The predicted octanol–water partition coefficient (Wildman–Crippen LogP) is 4.45. The van der Waals surface area contributed by atoms with Gasteiger partial charge >= 0.3 is 6.18 Å². The summed E-state index contributed by atoms with van der Waals surface area (Å²) in [5, 5.41) is 0. The van der Waals surface area contributed by atoms with Crippen LogP contribution in [0.1, 0.15) is 44.2 Å². The van der Waals surface area contributed by atoms with E-state index in [2.05, 4.69) is 35.6 Å². The van der Waals surface area contributed by atoms with Gasteiger partial charge in [-0.1, -0.05) is 12.1 Å². The molecule has 0 aliphatic carbocycles. The first-order valence-electron chi connectivity index (χ1n) is 8.48. The normalized spacial score (nSPS) is 20.8. The average molecular weight is 337 g/mol. The van der Waals surface area contributed by atoms with Crippen LogP contribution in [-0.4, -0.2) is 34.3 Å². The zero-order chi connectivity index (χ0) is 17.4. The summed E-state index contributed by atoms with van der Waals surface area (Å²) in [7, 11) is 0. The summed E-state index contributed by atoms with van der Waals surface area (Å²) in [6, 6.07) is 5.48. The van der Waals surface area contributed by atoms with Crippen molar-refractivity contribution < 1.29 is 17.7 Å². The van der Waals surface area contributed by atoms with Gasteiger partial charge in [0.15, 0.2) is 18.3 Å². The highest BCUT2D eigenvalue weighted by atomic mass is 19.4. The SMILES string of the molecule is CC1(C)CC(N2CCCC2)=CC=[N+]1Cc1ccc(C(F)(F)F)cc1. The summed E-state index contributed by atoms with van der Waals surface area (Å²) in [5.41, 5.74) is 1.63. The van der Waals surface area contributed by atoms with Gasteiger partial charge in [-0.2, -0.15) is 13.2 Å². The number of nitrogens with zero attached hydrogens (tertiary/aromatic N) is 2. The number of hydrogen-bond donors (Lipinski definition) is 0. The van der Waals surface area contributed by atoms with E-state index in [0.29, 0.717) is 6.54 Å². The van der Waals surface area contributed by atoms with E-state index >= 15 is 0 Å². The lowest BCUT2D eigenvalue weighted by Crippen LogP contribution is -2.41. The first-order chi connectivity index (χ1) is 11.3. The fourth-order valence-corrected chi connectivity index (χ4v) is 3.47. The lowest BCUT2D eigenvalue weighted by Gasteiger charge is -2.31. The van der Waals surface area contributed by atoms with Crippen molar-refractivity contribution in [1.82, 2.24) is 4.90 Å². The highest BCUT2D eigenvalue weighted by molar-refractivity contribution is 5.68. The number of alkyl halides is 3. The fraction of sp³-hybridized carbons (Fsp3) is 0.526. The van der Waals surface area contributed by atoms with Crippen molar-refractivity contribution in [1.29, 1.82) is 0 Å². The summed E-state index contributed by atoms with van der Waals surface area (Å²) >= 11 is 0. The second-order valence-corrected chi connectivity index (χ2v) is 7.31. The molecule has 5 heteroatoms. The molecular formula is C19H24F3N2+. The van der Waals surface area contributed by atoms with E-state index in [0.717, 1.165) is 37.2 Å². The van der Waals surface area contributed by atoms with Crippen LogP contribution in [0.3, 0.4) is 0 Å². The largest absolute Gasteiger partial charge is 0.416 e. The molecule has 0 saturated carbocycles. The molecule has 0 spiro atoms. The number of hydrogen-bond acceptors (Lipinski definition) is 1. The molecule has 3 rings (SSSR count).